The van der Waals surface area contributed by atoms with Crippen LogP contribution in [0.3, 0.4) is 0 Å². The molecular formula is C29H31N7O4. The molecule has 206 valence electrons. The van der Waals surface area contributed by atoms with E-state index < -0.39 is 0 Å². The van der Waals surface area contributed by atoms with Crippen LogP contribution in [-0.4, -0.2) is 70.3 Å². The maximum Gasteiger partial charge on any atom is 0.238 e. The smallest absolute Gasteiger partial charge is 0.238 e. The van der Waals surface area contributed by atoms with Crippen LogP contribution in [0, 0.1) is 0 Å². The summed E-state index contributed by atoms with van der Waals surface area (Å²) >= 11 is 0. The van der Waals surface area contributed by atoms with Gasteiger partial charge in [0.1, 0.15) is 18.1 Å². The zero-order valence-corrected chi connectivity index (χ0v) is 22.3. The second-order valence-electron chi connectivity index (χ2n) is 11.0. The topological polar surface area (TPSA) is 124 Å². The van der Waals surface area contributed by atoms with Gasteiger partial charge in [-0.15, -0.1) is 0 Å². The van der Waals surface area contributed by atoms with Crippen LogP contribution in [0.15, 0.2) is 42.7 Å². The summed E-state index contributed by atoms with van der Waals surface area (Å²) in [4.78, 5) is 44.4. The molecule has 3 fully saturated rings. The van der Waals surface area contributed by atoms with Crippen molar-refractivity contribution in [2.75, 3.05) is 40.2 Å². The summed E-state index contributed by atoms with van der Waals surface area (Å²) in [6, 6.07) is 10.00. The number of aromatic nitrogens is 3. The molecule has 0 bridgehead atoms. The summed E-state index contributed by atoms with van der Waals surface area (Å²) in [6.45, 7) is 1.21. The number of nitrogens with one attached hydrogen (secondary N) is 1. The van der Waals surface area contributed by atoms with Crippen LogP contribution in [0.4, 0.5) is 28.8 Å². The fraction of sp³-hybridized carbons (Fsp3) is 0.414. The third-order valence-corrected chi connectivity index (χ3v) is 8.39. The Morgan fingerprint density at radius 2 is 1.90 bits per heavy atom. The molecule has 0 radical (unpaired) electrons. The van der Waals surface area contributed by atoms with Crippen molar-refractivity contribution >= 4 is 40.6 Å². The van der Waals surface area contributed by atoms with Crippen molar-refractivity contribution in [3.63, 3.8) is 0 Å². The van der Waals surface area contributed by atoms with Crippen molar-refractivity contribution in [1.82, 2.24) is 15.0 Å². The molecule has 11 heteroatoms. The summed E-state index contributed by atoms with van der Waals surface area (Å²) in [6.07, 6.45) is 7.27. The number of ether oxygens (including phenoxy) is 1. The number of fused-ring (bicyclic) bond motifs is 3. The fourth-order valence-electron chi connectivity index (χ4n) is 6.03. The van der Waals surface area contributed by atoms with Crippen LogP contribution in [0.25, 0.3) is 11.1 Å². The minimum absolute atomic E-state index is 0.0423. The largest absolute Gasteiger partial charge is 0.474 e. The Morgan fingerprint density at radius 1 is 1.07 bits per heavy atom. The van der Waals surface area contributed by atoms with E-state index in [4.69, 9.17) is 9.72 Å². The van der Waals surface area contributed by atoms with Gasteiger partial charge in [-0.2, -0.15) is 4.98 Å². The highest BCUT2D eigenvalue weighted by molar-refractivity contribution is 5.98. The number of nitrogens with zero attached hydrogens (tertiary/aromatic N) is 6. The van der Waals surface area contributed by atoms with Gasteiger partial charge in [0, 0.05) is 49.9 Å². The molecular weight excluding hydrogens is 510 g/mol. The number of carbonyl (C=O) groups excluding carboxylic acids is 2. The van der Waals surface area contributed by atoms with Crippen molar-refractivity contribution in [1.29, 1.82) is 0 Å². The first-order valence-electron chi connectivity index (χ1n) is 13.9. The monoisotopic (exact) mass is 541 g/mol. The lowest BCUT2D eigenvalue weighted by Gasteiger charge is -2.39. The first-order valence-corrected chi connectivity index (χ1v) is 13.9. The van der Waals surface area contributed by atoms with E-state index in [1.807, 2.05) is 42.3 Å². The highest BCUT2D eigenvalue weighted by Gasteiger charge is 2.38. The van der Waals surface area contributed by atoms with Gasteiger partial charge in [-0.1, -0.05) is 12.1 Å². The van der Waals surface area contributed by atoms with Crippen LogP contribution in [-0.2, 0) is 9.59 Å². The number of hydrogen-bond acceptors (Lipinski definition) is 9. The number of aliphatic hydroxyl groups excluding tert-OH is 1. The third-order valence-electron chi connectivity index (χ3n) is 8.39. The predicted octanol–water partition coefficient (Wildman–Crippen LogP) is 3.26. The zero-order valence-electron chi connectivity index (χ0n) is 22.3. The van der Waals surface area contributed by atoms with E-state index in [1.165, 1.54) is 0 Å². The van der Waals surface area contributed by atoms with Gasteiger partial charge in [0.15, 0.2) is 0 Å². The summed E-state index contributed by atoms with van der Waals surface area (Å²) in [7, 11) is 1.99. The molecule has 1 saturated carbocycles. The van der Waals surface area contributed by atoms with Crippen molar-refractivity contribution in [3.8, 4) is 17.0 Å². The molecule has 0 unspecified atom stereocenters. The molecule has 3 aliphatic heterocycles. The highest BCUT2D eigenvalue weighted by Crippen LogP contribution is 2.40. The molecule has 7 rings (SSSR count). The van der Waals surface area contributed by atoms with E-state index in [9.17, 15) is 14.7 Å². The molecule has 1 atom stereocenters. The minimum atomic E-state index is -0.298. The molecule has 2 aromatic heterocycles. The Bertz CT molecular complexity index is 1470. The Hall–Kier alpha value is -4.25. The number of rotatable bonds is 6. The van der Waals surface area contributed by atoms with Crippen LogP contribution in [0.2, 0.25) is 0 Å². The quantitative estimate of drug-likeness (QED) is 0.484. The molecule has 11 nitrogen and oxygen atoms in total. The van der Waals surface area contributed by atoms with Gasteiger partial charge >= 0.3 is 0 Å². The SMILES string of the molecule is CN(c1nc(Nc2cnc3c(c2)N2C(=O)CC[C@H]2CO3)ncc1-c1ccc(N2CCCC2=O)cc1)C1CC(O)C1. The van der Waals surface area contributed by atoms with Crippen LogP contribution < -0.4 is 24.8 Å². The van der Waals surface area contributed by atoms with Crippen molar-refractivity contribution in [3.05, 3.63) is 42.7 Å². The summed E-state index contributed by atoms with van der Waals surface area (Å²) in [5, 5.41) is 13.2. The summed E-state index contributed by atoms with van der Waals surface area (Å²) in [5.74, 6) is 1.83. The number of pyridine rings is 1. The van der Waals surface area contributed by atoms with Gasteiger partial charge in [-0.3, -0.25) is 9.59 Å². The maximum atomic E-state index is 12.5. The molecule has 1 aliphatic carbocycles. The van der Waals surface area contributed by atoms with Gasteiger partial charge in [-0.05, 0) is 49.4 Å². The second-order valence-corrected chi connectivity index (χ2v) is 11.0. The first-order chi connectivity index (χ1) is 19.4. The van der Waals surface area contributed by atoms with Crippen LogP contribution in [0.5, 0.6) is 5.88 Å². The van der Waals surface area contributed by atoms with Gasteiger partial charge in [0.2, 0.25) is 23.6 Å². The second kappa shape index (κ2) is 9.74. The molecule has 4 aliphatic rings. The van der Waals surface area contributed by atoms with E-state index >= 15 is 0 Å². The lowest BCUT2D eigenvalue weighted by Crippen LogP contribution is -2.45. The van der Waals surface area contributed by atoms with Gasteiger partial charge in [0.25, 0.3) is 0 Å². The number of benzene rings is 1. The summed E-state index contributed by atoms with van der Waals surface area (Å²) in [5.41, 5.74) is 4.01. The van der Waals surface area contributed by atoms with E-state index in [-0.39, 0.29) is 30.0 Å². The van der Waals surface area contributed by atoms with Crippen LogP contribution in [0.1, 0.15) is 38.5 Å². The summed E-state index contributed by atoms with van der Waals surface area (Å²) < 4.78 is 5.79. The fourth-order valence-corrected chi connectivity index (χ4v) is 6.03. The van der Waals surface area contributed by atoms with Crippen molar-refractivity contribution in [2.45, 2.75) is 56.7 Å². The Labute approximate surface area is 231 Å². The van der Waals surface area contributed by atoms with Crippen molar-refractivity contribution in [2.24, 2.45) is 0 Å². The van der Waals surface area contributed by atoms with E-state index in [2.05, 4.69) is 20.2 Å². The van der Waals surface area contributed by atoms with Gasteiger partial charge in [-0.25, -0.2) is 9.97 Å². The van der Waals surface area contributed by atoms with Crippen molar-refractivity contribution < 1.29 is 19.4 Å². The average molecular weight is 542 g/mol. The van der Waals surface area contributed by atoms with E-state index in [0.29, 0.717) is 55.5 Å². The van der Waals surface area contributed by atoms with E-state index in [1.54, 1.807) is 17.3 Å². The standard InChI is InChI=1S/C29H31N7O4/c1-34(21-12-22(37)13-21)27-23(17-4-6-19(7-5-17)35-10-2-3-25(35)38)15-31-29(33-27)32-18-11-24-28(30-14-18)40-16-20-8-9-26(39)36(20)24/h4-7,11,14-15,20-22,37H,2-3,8-10,12-13,16H2,1H3,(H,31,32,33)/t20-,21?,22?/m0/s1. The molecule has 1 aromatic carbocycles. The third kappa shape index (κ3) is 4.30. The first kappa shape index (κ1) is 24.8. The number of anilines is 5. The van der Waals surface area contributed by atoms with E-state index in [0.717, 1.165) is 42.0 Å². The Kier molecular flexibility index (Phi) is 6.03. The predicted molar refractivity (Wildman–Crippen MR) is 150 cm³/mol. The lowest BCUT2D eigenvalue weighted by molar-refractivity contribution is -0.118. The zero-order chi connectivity index (χ0) is 27.4. The molecule has 3 aromatic rings. The Balaban J connectivity index is 1.19. The van der Waals surface area contributed by atoms with Gasteiger partial charge in [0.05, 0.1) is 24.0 Å². The molecule has 0 spiro atoms. The maximum absolute atomic E-state index is 12.5. The normalized spacial score (nSPS) is 23.4. The lowest BCUT2D eigenvalue weighted by atomic mass is 9.88. The minimum Gasteiger partial charge on any atom is -0.474 e. The molecule has 5 heterocycles. The number of aliphatic hydroxyl groups is 1. The molecule has 2 saturated heterocycles. The molecule has 2 N–H and O–H groups in total. The van der Waals surface area contributed by atoms with Crippen LogP contribution >= 0.6 is 0 Å². The molecule has 2 amide bonds. The van der Waals surface area contributed by atoms with Gasteiger partial charge < -0.3 is 29.9 Å². The number of amides is 2. The Morgan fingerprint density at radius 3 is 2.65 bits per heavy atom. The highest BCUT2D eigenvalue weighted by atomic mass is 16.5. The average Bonchev–Trinajstić information content (AvgIpc) is 3.56. The molecule has 40 heavy (non-hydrogen) atoms. The number of carbonyl (C=O) groups is 2. The number of hydrogen-bond donors (Lipinski definition) is 2.